The average molecular weight is 264 g/mol. The number of aryl methyl sites for hydroxylation is 1. The quantitative estimate of drug-likeness (QED) is 0.799. The van der Waals surface area contributed by atoms with Crippen LogP contribution >= 0.6 is 0 Å². The molecule has 1 unspecified atom stereocenters. The molecule has 0 amide bonds. The van der Waals surface area contributed by atoms with Gasteiger partial charge in [0, 0.05) is 31.1 Å². The summed E-state index contributed by atoms with van der Waals surface area (Å²) < 4.78 is 8.13. The van der Waals surface area contributed by atoms with Gasteiger partial charge in [0.25, 0.3) is 0 Å². The van der Waals surface area contributed by atoms with Crippen LogP contribution in [0.2, 0.25) is 0 Å². The highest BCUT2D eigenvalue weighted by molar-refractivity contribution is 5.26. The van der Waals surface area contributed by atoms with Crippen molar-refractivity contribution in [2.45, 2.75) is 65.6 Å². The average Bonchev–Trinajstić information content (AvgIpc) is 2.70. The zero-order chi connectivity index (χ0) is 13.7. The summed E-state index contributed by atoms with van der Waals surface area (Å²) in [5, 5.41) is 3.56. The molecule has 0 radical (unpaired) electrons. The molecule has 1 aromatic heterocycles. The number of rotatable bonds is 6. The van der Waals surface area contributed by atoms with E-state index in [1.165, 1.54) is 36.2 Å². The Bertz CT molecular complexity index is 392. The van der Waals surface area contributed by atoms with Crippen molar-refractivity contribution in [3.05, 3.63) is 23.0 Å². The van der Waals surface area contributed by atoms with E-state index in [1.54, 1.807) is 0 Å². The molecule has 0 aliphatic carbocycles. The maximum absolute atomic E-state index is 5.75. The summed E-state index contributed by atoms with van der Waals surface area (Å²) >= 11 is 0. The third-order valence-electron chi connectivity index (χ3n) is 4.23. The van der Waals surface area contributed by atoms with Crippen LogP contribution in [-0.4, -0.2) is 23.8 Å². The molecule has 1 aromatic rings. The SMILES string of the molecule is CCn1c(C)cc(CNCCC2CCCCO2)c1C. The van der Waals surface area contributed by atoms with Crippen LogP contribution in [0.3, 0.4) is 0 Å². The van der Waals surface area contributed by atoms with E-state index < -0.39 is 0 Å². The van der Waals surface area contributed by atoms with Gasteiger partial charge in [-0.1, -0.05) is 0 Å². The van der Waals surface area contributed by atoms with Gasteiger partial charge >= 0.3 is 0 Å². The van der Waals surface area contributed by atoms with Crippen LogP contribution in [0.1, 0.15) is 49.6 Å². The maximum atomic E-state index is 5.75. The molecule has 3 heteroatoms. The second-order valence-electron chi connectivity index (χ2n) is 5.59. The number of aromatic nitrogens is 1. The fraction of sp³-hybridized carbons (Fsp3) is 0.750. The van der Waals surface area contributed by atoms with Crippen molar-refractivity contribution in [2.75, 3.05) is 13.2 Å². The zero-order valence-corrected chi connectivity index (χ0v) is 12.7. The first-order chi connectivity index (χ1) is 9.22. The van der Waals surface area contributed by atoms with E-state index in [2.05, 4.69) is 36.7 Å². The second-order valence-corrected chi connectivity index (χ2v) is 5.59. The number of hydrogen-bond donors (Lipinski definition) is 1. The van der Waals surface area contributed by atoms with Gasteiger partial charge in [-0.15, -0.1) is 0 Å². The maximum Gasteiger partial charge on any atom is 0.0587 e. The van der Waals surface area contributed by atoms with Crippen molar-refractivity contribution >= 4 is 0 Å². The molecule has 0 spiro atoms. The van der Waals surface area contributed by atoms with Gasteiger partial charge in [0.1, 0.15) is 0 Å². The molecule has 1 aliphatic heterocycles. The molecule has 1 atom stereocenters. The van der Waals surface area contributed by atoms with E-state index in [1.807, 2.05) is 0 Å². The van der Waals surface area contributed by atoms with E-state index in [0.717, 1.165) is 32.7 Å². The molecule has 2 rings (SSSR count). The molecule has 1 fully saturated rings. The predicted molar refractivity (Wildman–Crippen MR) is 79.5 cm³/mol. The Kier molecular flexibility index (Phi) is 5.46. The first-order valence-electron chi connectivity index (χ1n) is 7.70. The second kappa shape index (κ2) is 7.11. The van der Waals surface area contributed by atoms with Crippen LogP contribution in [0.25, 0.3) is 0 Å². The standard InChI is InChI=1S/C16H28N2O/c1-4-18-13(2)11-15(14(18)3)12-17-9-8-16-7-5-6-10-19-16/h11,16-17H,4-10,12H2,1-3H3. The van der Waals surface area contributed by atoms with Crippen molar-refractivity contribution < 1.29 is 4.74 Å². The molecular formula is C16H28N2O. The summed E-state index contributed by atoms with van der Waals surface area (Å²) in [4.78, 5) is 0. The first kappa shape index (κ1) is 14.6. The summed E-state index contributed by atoms with van der Waals surface area (Å²) in [5.41, 5.74) is 4.21. The summed E-state index contributed by atoms with van der Waals surface area (Å²) in [6, 6.07) is 2.31. The van der Waals surface area contributed by atoms with Crippen molar-refractivity contribution in [2.24, 2.45) is 0 Å². The van der Waals surface area contributed by atoms with Crippen molar-refractivity contribution in [1.82, 2.24) is 9.88 Å². The lowest BCUT2D eigenvalue weighted by Gasteiger charge is -2.22. The van der Waals surface area contributed by atoms with Gasteiger partial charge in [-0.25, -0.2) is 0 Å². The van der Waals surface area contributed by atoms with Crippen LogP contribution < -0.4 is 5.32 Å². The zero-order valence-electron chi connectivity index (χ0n) is 12.7. The largest absolute Gasteiger partial charge is 0.378 e. The fourth-order valence-corrected chi connectivity index (χ4v) is 3.06. The van der Waals surface area contributed by atoms with Gasteiger partial charge in [0.15, 0.2) is 0 Å². The van der Waals surface area contributed by atoms with Crippen molar-refractivity contribution in [3.63, 3.8) is 0 Å². The lowest BCUT2D eigenvalue weighted by atomic mass is 10.1. The van der Waals surface area contributed by atoms with E-state index in [-0.39, 0.29) is 0 Å². The molecule has 1 saturated heterocycles. The third kappa shape index (κ3) is 3.83. The van der Waals surface area contributed by atoms with Gasteiger partial charge in [-0.2, -0.15) is 0 Å². The molecule has 1 aliphatic rings. The van der Waals surface area contributed by atoms with E-state index in [4.69, 9.17) is 4.74 Å². The molecule has 2 heterocycles. The monoisotopic (exact) mass is 264 g/mol. The van der Waals surface area contributed by atoms with Gasteiger partial charge in [0.2, 0.25) is 0 Å². The minimum Gasteiger partial charge on any atom is -0.378 e. The lowest BCUT2D eigenvalue weighted by Crippen LogP contribution is -2.25. The minimum absolute atomic E-state index is 0.490. The highest BCUT2D eigenvalue weighted by Gasteiger charge is 2.13. The van der Waals surface area contributed by atoms with Crippen molar-refractivity contribution in [3.8, 4) is 0 Å². The number of nitrogens with one attached hydrogen (secondary N) is 1. The fourth-order valence-electron chi connectivity index (χ4n) is 3.06. The highest BCUT2D eigenvalue weighted by atomic mass is 16.5. The molecule has 0 aromatic carbocycles. The Hall–Kier alpha value is -0.800. The summed E-state index contributed by atoms with van der Waals surface area (Å²) in [5.74, 6) is 0. The molecular weight excluding hydrogens is 236 g/mol. The Morgan fingerprint density at radius 2 is 2.21 bits per heavy atom. The van der Waals surface area contributed by atoms with E-state index in [0.29, 0.717) is 6.10 Å². The van der Waals surface area contributed by atoms with Crippen LogP contribution in [0.5, 0.6) is 0 Å². The Labute approximate surface area is 117 Å². The predicted octanol–water partition coefficient (Wildman–Crippen LogP) is 3.17. The van der Waals surface area contributed by atoms with Gasteiger partial charge in [-0.3, -0.25) is 0 Å². The van der Waals surface area contributed by atoms with Crippen LogP contribution in [0, 0.1) is 13.8 Å². The summed E-state index contributed by atoms with van der Waals surface area (Å²) in [6.07, 6.45) is 5.46. The third-order valence-corrected chi connectivity index (χ3v) is 4.23. The van der Waals surface area contributed by atoms with Crippen LogP contribution in [-0.2, 0) is 17.8 Å². The molecule has 19 heavy (non-hydrogen) atoms. The lowest BCUT2D eigenvalue weighted by molar-refractivity contribution is 0.0115. The highest BCUT2D eigenvalue weighted by Crippen LogP contribution is 2.16. The smallest absolute Gasteiger partial charge is 0.0587 e. The van der Waals surface area contributed by atoms with Crippen LogP contribution in [0.15, 0.2) is 6.07 Å². The van der Waals surface area contributed by atoms with Gasteiger partial charge < -0.3 is 14.6 Å². The molecule has 1 N–H and O–H groups in total. The Balaban J connectivity index is 1.73. The Morgan fingerprint density at radius 3 is 2.84 bits per heavy atom. The van der Waals surface area contributed by atoms with E-state index in [9.17, 15) is 0 Å². The number of nitrogens with zero attached hydrogens (tertiary/aromatic N) is 1. The number of hydrogen-bond acceptors (Lipinski definition) is 2. The molecule has 0 bridgehead atoms. The van der Waals surface area contributed by atoms with Crippen molar-refractivity contribution in [1.29, 1.82) is 0 Å². The minimum atomic E-state index is 0.490. The topological polar surface area (TPSA) is 26.2 Å². The van der Waals surface area contributed by atoms with Gasteiger partial charge in [0.05, 0.1) is 6.10 Å². The molecule has 0 saturated carbocycles. The molecule has 108 valence electrons. The molecule has 3 nitrogen and oxygen atoms in total. The van der Waals surface area contributed by atoms with Crippen LogP contribution in [0.4, 0.5) is 0 Å². The van der Waals surface area contributed by atoms with E-state index >= 15 is 0 Å². The summed E-state index contributed by atoms with van der Waals surface area (Å²) in [6.45, 7) is 10.7. The summed E-state index contributed by atoms with van der Waals surface area (Å²) in [7, 11) is 0. The number of ether oxygens (including phenoxy) is 1. The normalized spacial score (nSPS) is 19.8. The first-order valence-corrected chi connectivity index (χ1v) is 7.70. The van der Waals surface area contributed by atoms with Gasteiger partial charge in [-0.05, 0) is 64.6 Å². The Morgan fingerprint density at radius 1 is 1.37 bits per heavy atom.